The average Bonchev–Trinajstić information content (AvgIpc) is 3.47. The van der Waals surface area contributed by atoms with Gasteiger partial charge in [0.1, 0.15) is 17.2 Å². The first-order valence-corrected chi connectivity index (χ1v) is 11.1. The van der Waals surface area contributed by atoms with Crippen molar-refractivity contribution in [3.05, 3.63) is 0 Å². The molecule has 4 rings (SSSR count). The first-order valence-electron chi connectivity index (χ1n) is 11.1. The van der Waals surface area contributed by atoms with Gasteiger partial charge in [0.05, 0.1) is 12.6 Å². The summed E-state index contributed by atoms with van der Waals surface area (Å²) in [5, 5.41) is 18.2. The number of rotatable bonds is 2. The van der Waals surface area contributed by atoms with Crippen LogP contribution >= 0.6 is 0 Å². The molecule has 0 radical (unpaired) electrons. The topological polar surface area (TPSA) is 117 Å². The number of ether oxygens (including phenoxy) is 2. The van der Waals surface area contributed by atoms with Crippen LogP contribution in [0.3, 0.4) is 0 Å². The maximum absolute atomic E-state index is 11.9. The molecule has 2 heterocycles. The lowest BCUT2D eigenvalue weighted by Crippen LogP contribution is -2.45. The summed E-state index contributed by atoms with van der Waals surface area (Å²) in [6.07, 6.45) is 2.73. The summed E-state index contributed by atoms with van der Waals surface area (Å²) < 4.78 is 10.5. The number of piperidine rings is 2. The smallest absolute Gasteiger partial charge is 0.411 e. The van der Waals surface area contributed by atoms with Crippen LogP contribution < -0.4 is 0 Å². The van der Waals surface area contributed by atoms with Crippen molar-refractivity contribution in [2.75, 3.05) is 6.61 Å². The number of carbonyl (C=O) groups excluding carboxylic acids is 2. The van der Waals surface area contributed by atoms with E-state index in [4.69, 9.17) is 14.6 Å². The molecule has 9 nitrogen and oxygen atoms in total. The molecule has 0 spiro atoms. The van der Waals surface area contributed by atoms with Gasteiger partial charge in [-0.2, -0.15) is 0 Å². The van der Waals surface area contributed by atoms with Crippen LogP contribution in [0.15, 0.2) is 0 Å². The second kappa shape index (κ2) is 8.15. The molecule has 9 heteroatoms. The highest BCUT2D eigenvalue weighted by Crippen LogP contribution is 2.49. The van der Waals surface area contributed by atoms with E-state index in [0.717, 1.165) is 19.3 Å². The third kappa shape index (κ3) is 5.61. The molecule has 0 unspecified atom stereocenters. The minimum atomic E-state index is -0.932. The van der Waals surface area contributed by atoms with Crippen molar-refractivity contribution >= 4 is 18.2 Å². The monoisotopic (exact) mass is 440 g/mol. The maximum Gasteiger partial charge on any atom is 0.411 e. The number of aliphatic hydroxyl groups excluding tert-OH is 1. The molecule has 0 bridgehead atoms. The Kier molecular flexibility index (Phi) is 6.21. The second-order valence-electron chi connectivity index (χ2n) is 11.1. The number of carbonyl (C=O) groups is 3. The quantitative estimate of drug-likeness (QED) is 0.678. The summed E-state index contributed by atoms with van der Waals surface area (Å²) in [5.74, 6) is 0.0429. The van der Waals surface area contributed by atoms with E-state index in [1.807, 2.05) is 20.8 Å². The van der Waals surface area contributed by atoms with Gasteiger partial charge in [-0.15, -0.1) is 0 Å². The van der Waals surface area contributed by atoms with Crippen LogP contribution in [0.2, 0.25) is 0 Å². The highest BCUT2D eigenvalue weighted by Gasteiger charge is 2.57. The molecule has 31 heavy (non-hydrogen) atoms. The second-order valence-corrected chi connectivity index (χ2v) is 11.1. The molecule has 0 aromatic heterocycles. The number of hydrogen-bond donors (Lipinski definition) is 2. The lowest BCUT2D eigenvalue weighted by molar-refractivity contribution is -0.142. The Bertz CT molecular complexity index is 726. The molecule has 2 amide bonds. The molecular weight excluding hydrogens is 404 g/mol. The zero-order valence-corrected chi connectivity index (χ0v) is 19.3. The highest BCUT2D eigenvalue weighted by molar-refractivity contribution is 5.82. The number of carboxylic acids is 1. The van der Waals surface area contributed by atoms with Crippen molar-refractivity contribution in [3.8, 4) is 0 Å². The molecule has 2 saturated carbocycles. The van der Waals surface area contributed by atoms with Gasteiger partial charge in [0.2, 0.25) is 0 Å². The maximum atomic E-state index is 11.9. The molecule has 2 aliphatic heterocycles. The van der Waals surface area contributed by atoms with Gasteiger partial charge in [0.15, 0.2) is 0 Å². The van der Waals surface area contributed by atoms with E-state index < -0.39 is 29.3 Å². The lowest BCUT2D eigenvalue weighted by Gasteiger charge is -2.29. The van der Waals surface area contributed by atoms with Gasteiger partial charge >= 0.3 is 18.2 Å². The Morgan fingerprint density at radius 1 is 0.806 bits per heavy atom. The predicted octanol–water partition coefficient (Wildman–Crippen LogP) is 2.85. The van der Waals surface area contributed by atoms with Crippen molar-refractivity contribution in [1.82, 2.24) is 9.80 Å². The number of aliphatic carboxylic acids is 1. The van der Waals surface area contributed by atoms with E-state index in [-0.39, 0.29) is 24.8 Å². The Hall–Kier alpha value is -2.03. The first kappa shape index (κ1) is 23.6. The summed E-state index contributed by atoms with van der Waals surface area (Å²) in [4.78, 5) is 37.8. The van der Waals surface area contributed by atoms with Crippen molar-refractivity contribution < 1.29 is 34.1 Å². The van der Waals surface area contributed by atoms with Crippen LogP contribution in [-0.4, -0.2) is 80.1 Å². The van der Waals surface area contributed by atoms with Crippen LogP contribution in [0.25, 0.3) is 0 Å². The lowest BCUT2D eigenvalue weighted by atomic mass is 10.2. The van der Waals surface area contributed by atoms with Crippen LogP contribution in [0.1, 0.15) is 67.2 Å². The number of amides is 2. The van der Waals surface area contributed by atoms with Crippen molar-refractivity contribution in [3.63, 3.8) is 0 Å². The Morgan fingerprint density at radius 3 is 1.71 bits per heavy atom. The van der Waals surface area contributed by atoms with E-state index >= 15 is 0 Å². The van der Waals surface area contributed by atoms with Gasteiger partial charge in [-0.05, 0) is 79.1 Å². The minimum absolute atomic E-state index is 0.0244. The molecule has 0 aromatic rings. The zero-order chi connectivity index (χ0) is 23.3. The number of hydrogen-bond acceptors (Lipinski definition) is 6. The SMILES string of the molecule is CC(C)(C)OC(=O)N1[C@@H]2C[C@@H]2C[C@H]1C(=O)O.CC(C)(C)OC(=O)N1[C@H](CO)C[C@H]2C[C@H]21. The molecular formula is C22H36N2O7. The fourth-order valence-electron chi connectivity index (χ4n) is 4.58. The van der Waals surface area contributed by atoms with Crippen molar-refractivity contribution in [1.29, 1.82) is 0 Å². The summed E-state index contributed by atoms with van der Waals surface area (Å²) in [5.41, 5.74) is -1.03. The van der Waals surface area contributed by atoms with Gasteiger partial charge < -0.3 is 19.7 Å². The zero-order valence-electron chi connectivity index (χ0n) is 19.3. The van der Waals surface area contributed by atoms with Gasteiger partial charge in [-0.1, -0.05) is 0 Å². The highest BCUT2D eigenvalue weighted by atomic mass is 16.6. The molecule has 4 fully saturated rings. The van der Waals surface area contributed by atoms with E-state index in [9.17, 15) is 19.5 Å². The third-order valence-corrected chi connectivity index (χ3v) is 6.02. The summed E-state index contributed by atoms with van der Waals surface area (Å²) in [6, 6.07) is -0.296. The van der Waals surface area contributed by atoms with Gasteiger partial charge in [-0.25, -0.2) is 14.4 Å². The van der Waals surface area contributed by atoms with E-state index in [0.29, 0.717) is 24.3 Å². The van der Waals surface area contributed by atoms with Crippen molar-refractivity contribution in [2.45, 2.75) is 103 Å². The fourth-order valence-corrected chi connectivity index (χ4v) is 4.58. The molecule has 6 atom stereocenters. The fraction of sp³-hybridized carbons (Fsp3) is 0.864. The molecule has 2 aliphatic carbocycles. The van der Waals surface area contributed by atoms with E-state index in [1.165, 1.54) is 4.90 Å². The average molecular weight is 441 g/mol. The molecule has 176 valence electrons. The Labute approximate surface area is 183 Å². The van der Waals surface area contributed by atoms with Gasteiger partial charge in [-0.3, -0.25) is 9.80 Å². The number of fused-ring (bicyclic) bond motifs is 2. The number of aliphatic hydroxyl groups is 1. The number of nitrogens with zero attached hydrogens (tertiary/aromatic N) is 2. The first-order chi connectivity index (χ1) is 14.2. The standard InChI is InChI=1S/C11H17NO4.C11H19NO3/c1-11(2,3)16-10(15)12-7-4-6(7)5-8(12)9(13)14;1-11(2,3)15-10(14)12-8(6-13)4-7-5-9(7)12/h6-8H,4-5H2,1-3H3,(H,13,14);7-9,13H,4-6H2,1-3H3/t6-,7-,8+;7-,8-,9+/m10/s1. The Morgan fingerprint density at radius 2 is 1.26 bits per heavy atom. The number of carboxylic acid groups (broad SMARTS) is 1. The van der Waals surface area contributed by atoms with Crippen LogP contribution in [-0.2, 0) is 14.3 Å². The third-order valence-electron chi connectivity index (χ3n) is 6.02. The summed E-state index contributed by atoms with van der Waals surface area (Å²) in [6.45, 7) is 11.0. The minimum Gasteiger partial charge on any atom is -0.480 e. The van der Waals surface area contributed by atoms with Crippen molar-refractivity contribution in [2.24, 2.45) is 11.8 Å². The molecule has 4 aliphatic rings. The molecule has 0 aromatic carbocycles. The van der Waals surface area contributed by atoms with E-state index in [2.05, 4.69) is 0 Å². The van der Waals surface area contributed by atoms with Crippen LogP contribution in [0, 0.1) is 11.8 Å². The van der Waals surface area contributed by atoms with Gasteiger partial charge in [0, 0.05) is 12.1 Å². The number of likely N-dealkylation sites (tertiary alicyclic amines) is 2. The largest absolute Gasteiger partial charge is 0.480 e. The van der Waals surface area contributed by atoms with Crippen LogP contribution in [0.4, 0.5) is 9.59 Å². The van der Waals surface area contributed by atoms with Crippen LogP contribution in [0.5, 0.6) is 0 Å². The summed E-state index contributed by atoms with van der Waals surface area (Å²) >= 11 is 0. The van der Waals surface area contributed by atoms with E-state index in [1.54, 1.807) is 25.7 Å². The molecule has 2 N–H and O–H groups in total. The predicted molar refractivity (Wildman–Crippen MR) is 111 cm³/mol. The Balaban J connectivity index is 0.000000176. The normalized spacial score (nSPS) is 33.0. The summed E-state index contributed by atoms with van der Waals surface area (Å²) in [7, 11) is 0. The van der Waals surface area contributed by atoms with Gasteiger partial charge in [0.25, 0.3) is 0 Å². The molecule has 2 saturated heterocycles.